The number of rotatable bonds is 6. The van der Waals surface area contributed by atoms with Gasteiger partial charge in [0, 0.05) is 24.9 Å². The van der Waals surface area contributed by atoms with Crippen LogP contribution in [0.4, 0.5) is 4.79 Å². The molecular formula is C28H29BClN3O4. The summed E-state index contributed by atoms with van der Waals surface area (Å²) in [7, 11) is -0.682. The molecule has 5 rings (SSSR count). The molecule has 0 radical (unpaired) electrons. The lowest BCUT2D eigenvalue weighted by Crippen LogP contribution is -2.41. The Balaban J connectivity index is 1.29. The highest BCUT2D eigenvalue weighted by atomic mass is 35.5. The number of hydrogen-bond donors (Lipinski definition) is 1. The van der Waals surface area contributed by atoms with Crippen molar-refractivity contribution in [3.63, 3.8) is 0 Å². The Kier molecular flexibility index (Phi) is 6.83. The molecule has 190 valence electrons. The van der Waals surface area contributed by atoms with Crippen molar-refractivity contribution in [1.82, 2.24) is 15.3 Å². The molecule has 1 amide bonds. The van der Waals surface area contributed by atoms with E-state index in [1.165, 1.54) is 23.5 Å². The fourth-order valence-corrected chi connectivity index (χ4v) is 4.68. The van der Waals surface area contributed by atoms with Crippen LogP contribution >= 0.6 is 11.6 Å². The summed E-state index contributed by atoms with van der Waals surface area (Å²) in [6.45, 7) is 8.27. The molecule has 1 N–H and O–H groups in total. The van der Waals surface area contributed by atoms with Gasteiger partial charge in [-0.25, -0.2) is 14.8 Å². The van der Waals surface area contributed by atoms with Crippen LogP contribution < -0.4 is 5.32 Å². The third-order valence-corrected chi connectivity index (χ3v) is 7.49. The Morgan fingerprint density at radius 1 is 1.00 bits per heavy atom. The first-order chi connectivity index (χ1) is 17.6. The fraction of sp³-hybridized carbons (Fsp3) is 0.321. The van der Waals surface area contributed by atoms with Gasteiger partial charge in [0.1, 0.15) is 6.61 Å². The number of halogens is 1. The van der Waals surface area contributed by atoms with Gasteiger partial charge in [0.2, 0.25) is 0 Å². The molecule has 0 bridgehead atoms. The summed E-state index contributed by atoms with van der Waals surface area (Å²) < 4.78 is 18.1. The zero-order valence-electron chi connectivity index (χ0n) is 21.3. The molecule has 1 aliphatic heterocycles. The van der Waals surface area contributed by atoms with Crippen molar-refractivity contribution in [2.45, 2.75) is 44.8 Å². The molecule has 1 fully saturated rings. The van der Waals surface area contributed by atoms with Gasteiger partial charge in [-0.2, -0.15) is 0 Å². The maximum absolute atomic E-state index is 12.8. The first-order valence-electron chi connectivity index (χ1n) is 12.3. The number of nitrogens with zero attached hydrogens (tertiary/aromatic N) is 2. The number of nitrogens with one attached hydrogen (secondary N) is 1. The number of alkyl carbamates (subject to hydrolysis) is 1. The second-order valence-electron chi connectivity index (χ2n) is 10.2. The highest BCUT2D eigenvalue weighted by Crippen LogP contribution is 2.44. The number of benzene rings is 2. The minimum atomic E-state index is -0.682. The van der Waals surface area contributed by atoms with Gasteiger partial charge in [-0.15, -0.1) is 0 Å². The maximum atomic E-state index is 12.8. The maximum Gasteiger partial charge on any atom is 0.492 e. The van der Waals surface area contributed by atoms with E-state index < -0.39 is 24.4 Å². The van der Waals surface area contributed by atoms with Gasteiger partial charge < -0.3 is 19.4 Å². The van der Waals surface area contributed by atoms with Crippen LogP contribution in [-0.4, -0.2) is 47.5 Å². The normalized spacial score (nSPS) is 17.9. The molecule has 0 atom stereocenters. The second kappa shape index (κ2) is 9.93. The van der Waals surface area contributed by atoms with Crippen LogP contribution in [0.25, 0.3) is 17.2 Å². The van der Waals surface area contributed by atoms with E-state index >= 15 is 0 Å². The first kappa shape index (κ1) is 25.5. The van der Waals surface area contributed by atoms with Gasteiger partial charge >= 0.3 is 13.2 Å². The number of aromatic nitrogens is 2. The van der Waals surface area contributed by atoms with Gasteiger partial charge in [-0.1, -0.05) is 60.1 Å². The molecule has 37 heavy (non-hydrogen) atoms. The predicted molar refractivity (Wildman–Crippen MR) is 144 cm³/mol. The lowest BCUT2D eigenvalue weighted by atomic mass is 9.77. The molecule has 1 saturated heterocycles. The third kappa shape index (κ3) is 5.14. The smallest absolute Gasteiger partial charge is 0.449 e. The molecule has 2 heterocycles. The molecule has 2 aromatic carbocycles. The summed E-state index contributed by atoms with van der Waals surface area (Å²) in [6.07, 6.45) is 4.24. The minimum absolute atomic E-state index is 0.0151. The Bertz CT molecular complexity index is 1280. The van der Waals surface area contributed by atoms with E-state index in [0.717, 1.165) is 11.1 Å². The second-order valence-corrected chi connectivity index (χ2v) is 10.7. The van der Waals surface area contributed by atoms with E-state index in [1.807, 2.05) is 52.0 Å². The Morgan fingerprint density at radius 2 is 1.54 bits per heavy atom. The number of hydrogen-bond acceptors (Lipinski definition) is 6. The summed E-state index contributed by atoms with van der Waals surface area (Å²) >= 11 is 5.94. The van der Waals surface area contributed by atoms with Crippen LogP contribution in [0, 0.1) is 0 Å². The lowest BCUT2D eigenvalue weighted by Gasteiger charge is -2.32. The van der Waals surface area contributed by atoms with Crippen molar-refractivity contribution in [2.75, 3.05) is 13.2 Å². The first-order valence-corrected chi connectivity index (χ1v) is 12.6. The molecule has 3 aromatic rings. The summed E-state index contributed by atoms with van der Waals surface area (Å²) in [4.78, 5) is 21.3. The lowest BCUT2D eigenvalue weighted by molar-refractivity contribution is 0.00578. The van der Waals surface area contributed by atoms with E-state index in [4.69, 9.17) is 25.6 Å². The standard InChI is InChI=1S/C28H29BClN3O4/c1-27(2)28(3,4)37-29(36-27)18(13-25-31-15-19(30)16-32-25)14-33-26(34)35-17-24-22-11-7-5-9-20(22)21-10-6-8-12-23(21)24/h5-13,15-16,24H,14,17H2,1-4H3,(H,33,34). The van der Waals surface area contributed by atoms with Gasteiger partial charge in [0.15, 0.2) is 5.82 Å². The Morgan fingerprint density at radius 3 is 2.11 bits per heavy atom. The number of carbonyl (C=O) groups excluding carboxylic acids is 1. The van der Waals surface area contributed by atoms with E-state index in [2.05, 4.69) is 39.6 Å². The van der Waals surface area contributed by atoms with Gasteiger partial charge in [0.25, 0.3) is 0 Å². The van der Waals surface area contributed by atoms with E-state index in [-0.39, 0.29) is 19.1 Å². The molecule has 0 saturated carbocycles. The van der Waals surface area contributed by atoms with Crippen molar-refractivity contribution >= 4 is 30.9 Å². The largest absolute Gasteiger partial charge is 0.492 e. The van der Waals surface area contributed by atoms with Crippen LogP contribution in [0.1, 0.15) is 50.6 Å². The van der Waals surface area contributed by atoms with Crippen molar-refractivity contribution in [3.8, 4) is 11.1 Å². The molecule has 2 aliphatic rings. The zero-order chi connectivity index (χ0) is 26.2. The molecule has 7 nitrogen and oxygen atoms in total. The van der Waals surface area contributed by atoms with Crippen molar-refractivity contribution < 1.29 is 18.8 Å². The van der Waals surface area contributed by atoms with E-state index in [1.54, 1.807) is 6.08 Å². The average Bonchev–Trinajstić information content (AvgIpc) is 3.30. The molecule has 0 spiro atoms. The molecular weight excluding hydrogens is 489 g/mol. The van der Waals surface area contributed by atoms with Gasteiger partial charge in [-0.3, -0.25) is 0 Å². The van der Waals surface area contributed by atoms with Gasteiger partial charge in [-0.05, 0) is 61.5 Å². The summed E-state index contributed by atoms with van der Waals surface area (Å²) in [5.41, 5.74) is 4.27. The molecule has 0 unspecified atom stereocenters. The highest BCUT2D eigenvalue weighted by Gasteiger charge is 2.52. The van der Waals surface area contributed by atoms with Crippen LogP contribution in [0.15, 0.2) is 66.4 Å². The number of carbonyl (C=O) groups is 1. The monoisotopic (exact) mass is 517 g/mol. The Labute approximate surface area is 222 Å². The summed E-state index contributed by atoms with van der Waals surface area (Å²) in [5.74, 6) is 0.419. The van der Waals surface area contributed by atoms with Crippen molar-refractivity contribution in [3.05, 3.63) is 88.4 Å². The number of ether oxygens (including phenoxy) is 1. The quantitative estimate of drug-likeness (QED) is 0.423. The SMILES string of the molecule is CC1(C)OB(C(=Cc2ncc(Cl)cn2)CNC(=O)OCC2c3ccccc3-c3ccccc32)OC1(C)C. The Hall–Kier alpha value is -3.20. The molecule has 9 heteroatoms. The van der Waals surface area contributed by atoms with E-state index in [0.29, 0.717) is 16.3 Å². The molecule has 1 aromatic heterocycles. The van der Waals surface area contributed by atoms with Crippen LogP contribution in [0.5, 0.6) is 0 Å². The van der Waals surface area contributed by atoms with Crippen LogP contribution in [0.2, 0.25) is 5.02 Å². The zero-order valence-corrected chi connectivity index (χ0v) is 22.1. The summed E-state index contributed by atoms with van der Waals surface area (Å²) in [6, 6.07) is 16.5. The number of fused-ring (bicyclic) bond motifs is 3. The van der Waals surface area contributed by atoms with Crippen molar-refractivity contribution in [1.29, 1.82) is 0 Å². The van der Waals surface area contributed by atoms with E-state index in [9.17, 15) is 4.79 Å². The fourth-order valence-electron chi connectivity index (χ4n) is 4.58. The third-order valence-electron chi connectivity index (χ3n) is 7.29. The highest BCUT2D eigenvalue weighted by molar-refractivity contribution is 6.56. The molecule has 1 aliphatic carbocycles. The summed E-state index contributed by atoms with van der Waals surface area (Å²) in [5, 5.41) is 3.28. The van der Waals surface area contributed by atoms with Crippen LogP contribution in [-0.2, 0) is 14.0 Å². The average molecular weight is 518 g/mol. The van der Waals surface area contributed by atoms with Crippen molar-refractivity contribution in [2.24, 2.45) is 0 Å². The van der Waals surface area contributed by atoms with Gasteiger partial charge in [0.05, 0.1) is 16.2 Å². The topological polar surface area (TPSA) is 82.6 Å². The number of amides is 1. The predicted octanol–water partition coefficient (Wildman–Crippen LogP) is 5.68. The van der Waals surface area contributed by atoms with Crippen LogP contribution in [0.3, 0.4) is 0 Å². The minimum Gasteiger partial charge on any atom is -0.449 e.